The van der Waals surface area contributed by atoms with E-state index in [-0.39, 0.29) is 11.7 Å². The van der Waals surface area contributed by atoms with Crippen molar-refractivity contribution in [3.8, 4) is 34.3 Å². The molecule has 0 unspecified atom stereocenters. The van der Waals surface area contributed by atoms with E-state index in [1.165, 1.54) is 18.0 Å². The molecule has 0 saturated heterocycles. The van der Waals surface area contributed by atoms with Crippen molar-refractivity contribution in [2.24, 2.45) is 5.10 Å². The maximum absolute atomic E-state index is 12.5. The number of hydrazone groups is 1. The maximum atomic E-state index is 12.5. The Morgan fingerprint density at radius 3 is 2.39 bits per heavy atom. The van der Waals surface area contributed by atoms with Crippen LogP contribution in [0.1, 0.15) is 5.56 Å². The smallest absolute Gasteiger partial charge is 0.250 e. The third-order valence-electron chi connectivity index (χ3n) is 5.14. The lowest BCUT2D eigenvalue weighted by Crippen LogP contribution is -2.20. The Bertz CT molecular complexity index is 1340. The van der Waals surface area contributed by atoms with Crippen LogP contribution in [0.25, 0.3) is 17.1 Å². The highest BCUT2D eigenvalue weighted by molar-refractivity contribution is 7.99. The largest absolute Gasteiger partial charge is 0.497 e. The lowest BCUT2D eigenvalue weighted by Gasteiger charge is -2.11. The fourth-order valence-corrected chi connectivity index (χ4v) is 4.12. The number of hydrogen-bond donors (Lipinski definition) is 1. The Hall–Kier alpha value is -4.31. The fourth-order valence-electron chi connectivity index (χ4n) is 3.38. The molecular formula is C26H25N5O4S. The van der Waals surface area contributed by atoms with Crippen LogP contribution in [0.4, 0.5) is 0 Å². The summed E-state index contributed by atoms with van der Waals surface area (Å²) >= 11 is 1.27. The van der Waals surface area contributed by atoms with E-state index in [2.05, 4.69) is 20.7 Å². The second-order valence-electron chi connectivity index (χ2n) is 7.40. The van der Waals surface area contributed by atoms with Crippen molar-refractivity contribution in [3.05, 3.63) is 78.4 Å². The average molecular weight is 504 g/mol. The first-order valence-corrected chi connectivity index (χ1v) is 11.9. The molecule has 1 aromatic heterocycles. The zero-order valence-corrected chi connectivity index (χ0v) is 20.9. The molecular weight excluding hydrogens is 478 g/mol. The van der Waals surface area contributed by atoms with Crippen molar-refractivity contribution >= 4 is 23.9 Å². The normalized spacial score (nSPS) is 10.9. The van der Waals surface area contributed by atoms with Crippen LogP contribution in [0.2, 0.25) is 0 Å². The van der Waals surface area contributed by atoms with E-state index < -0.39 is 0 Å². The summed E-state index contributed by atoms with van der Waals surface area (Å²) in [5.74, 6) is 2.44. The van der Waals surface area contributed by atoms with Gasteiger partial charge in [0.2, 0.25) is 0 Å². The summed E-state index contributed by atoms with van der Waals surface area (Å²) in [5.41, 5.74) is 5.07. The van der Waals surface area contributed by atoms with Crippen molar-refractivity contribution in [3.63, 3.8) is 0 Å². The van der Waals surface area contributed by atoms with Crippen LogP contribution in [0.3, 0.4) is 0 Å². The molecule has 184 valence electrons. The van der Waals surface area contributed by atoms with Gasteiger partial charge in [0.05, 0.1) is 33.3 Å². The first-order chi connectivity index (χ1) is 17.6. The maximum Gasteiger partial charge on any atom is 0.250 e. The van der Waals surface area contributed by atoms with Gasteiger partial charge < -0.3 is 14.2 Å². The molecule has 36 heavy (non-hydrogen) atoms. The number of nitrogens with one attached hydrogen (secondary N) is 1. The van der Waals surface area contributed by atoms with Crippen molar-refractivity contribution < 1.29 is 19.0 Å². The molecule has 1 amide bonds. The summed E-state index contributed by atoms with van der Waals surface area (Å²) in [6.07, 6.45) is 1.54. The summed E-state index contributed by atoms with van der Waals surface area (Å²) in [4.78, 5) is 12.5. The first kappa shape index (κ1) is 24.8. The van der Waals surface area contributed by atoms with Crippen LogP contribution in [0, 0.1) is 0 Å². The van der Waals surface area contributed by atoms with E-state index in [0.29, 0.717) is 22.5 Å². The molecule has 0 aliphatic heterocycles. The summed E-state index contributed by atoms with van der Waals surface area (Å²) < 4.78 is 17.7. The van der Waals surface area contributed by atoms with Gasteiger partial charge in [-0.1, -0.05) is 42.1 Å². The standard InChI is InChI=1S/C26H25N5O4S/c1-33-21-12-10-20(11-13-21)31-25(19-7-5-4-6-8-19)29-30-26(31)36-17-24(32)28-27-16-18-9-14-22(34-2)23(15-18)35-3/h4-16H,17H2,1-3H3,(H,28,32)/b27-16+. The number of nitrogens with zero attached hydrogens (tertiary/aromatic N) is 4. The number of carbonyl (C=O) groups is 1. The first-order valence-electron chi connectivity index (χ1n) is 10.9. The molecule has 4 rings (SSSR count). The molecule has 0 fully saturated rings. The number of benzene rings is 3. The number of hydrogen-bond acceptors (Lipinski definition) is 8. The minimum atomic E-state index is -0.276. The number of ether oxygens (including phenoxy) is 3. The van der Waals surface area contributed by atoms with E-state index in [1.54, 1.807) is 33.5 Å². The monoisotopic (exact) mass is 503 g/mol. The molecule has 1 heterocycles. The topological polar surface area (TPSA) is 99.9 Å². The van der Waals surface area contributed by atoms with E-state index in [9.17, 15) is 4.79 Å². The Kier molecular flexibility index (Phi) is 8.20. The molecule has 0 saturated carbocycles. The van der Waals surface area contributed by atoms with E-state index >= 15 is 0 Å². The van der Waals surface area contributed by atoms with Gasteiger partial charge in [0.15, 0.2) is 22.5 Å². The highest BCUT2D eigenvalue weighted by Crippen LogP contribution is 2.29. The third-order valence-corrected chi connectivity index (χ3v) is 6.07. The summed E-state index contributed by atoms with van der Waals surface area (Å²) in [7, 11) is 4.75. The Morgan fingerprint density at radius 2 is 1.69 bits per heavy atom. The molecule has 0 bridgehead atoms. The van der Waals surface area contributed by atoms with Crippen LogP contribution in [-0.4, -0.2) is 54.0 Å². The predicted molar refractivity (Wildman–Crippen MR) is 139 cm³/mol. The van der Waals surface area contributed by atoms with Gasteiger partial charge in [-0.2, -0.15) is 5.10 Å². The molecule has 0 radical (unpaired) electrons. The van der Waals surface area contributed by atoms with Gasteiger partial charge in [-0.3, -0.25) is 9.36 Å². The molecule has 0 spiro atoms. The van der Waals surface area contributed by atoms with Crippen LogP contribution in [-0.2, 0) is 4.79 Å². The average Bonchev–Trinajstić information content (AvgIpc) is 3.36. The fraction of sp³-hybridized carbons (Fsp3) is 0.154. The second-order valence-corrected chi connectivity index (χ2v) is 8.34. The molecule has 0 atom stereocenters. The molecule has 0 aliphatic carbocycles. The molecule has 1 N–H and O–H groups in total. The van der Waals surface area contributed by atoms with Crippen molar-refractivity contribution in [1.29, 1.82) is 0 Å². The van der Waals surface area contributed by atoms with E-state index in [4.69, 9.17) is 14.2 Å². The highest BCUT2D eigenvalue weighted by atomic mass is 32.2. The number of amides is 1. The van der Waals surface area contributed by atoms with Gasteiger partial charge >= 0.3 is 0 Å². The van der Waals surface area contributed by atoms with Crippen LogP contribution in [0.5, 0.6) is 17.2 Å². The van der Waals surface area contributed by atoms with Crippen LogP contribution < -0.4 is 19.6 Å². The lowest BCUT2D eigenvalue weighted by atomic mass is 10.2. The summed E-state index contributed by atoms with van der Waals surface area (Å²) in [6.45, 7) is 0. The van der Waals surface area contributed by atoms with Gasteiger partial charge in [0, 0.05) is 11.3 Å². The van der Waals surface area contributed by atoms with Crippen molar-refractivity contribution in [2.75, 3.05) is 27.1 Å². The Balaban J connectivity index is 1.47. The van der Waals surface area contributed by atoms with Crippen molar-refractivity contribution in [2.45, 2.75) is 5.16 Å². The van der Waals surface area contributed by atoms with Gasteiger partial charge in [0.1, 0.15) is 5.75 Å². The molecule has 3 aromatic carbocycles. The summed E-state index contributed by atoms with van der Waals surface area (Å²) in [5, 5.41) is 13.4. The quantitative estimate of drug-likeness (QED) is 0.197. The number of thioether (sulfide) groups is 1. The summed E-state index contributed by atoms with van der Waals surface area (Å²) in [6, 6.07) is 22.7. The minimum Gasteiger partial charge on any atom is -0.497 e. The SMILES string of the molecule is COc1ccc(-n2c(SCC(=O)N/N=C/c3ccc(OC)c(OC)c3)nnc2-c2ccccc2)cc1. The van der Waals surface area contributed by atoms with Gasteiger partial charge in [-0.15, -0.1) is 10.2 Å². The number of methoxy groups -OCH3 is 3. The van der Waals surface area contributed by atoms with Gasteiger partial charge in [-0.05, 0) is 48.0 Å². The lowest BCUT2D eigenvalue weighted by molar-refractivity contribution is -0.118. The Morgan fingerprint density at radius 1 is 0.944 bits per heavy atom. The van der Waals surface area contributed by atoms with Gasteiger partial charge in [0.25, 0.3) is 5.91 Å². The minimum absolute atomic E-state index is 0.104. The third kappa shape index (κ3) is 5.84. The molecule has 9 nitrogen and oxygen atoms in total. The molecule has 4 aromatic rings. The second kappa shape index (κ2) is 11.9. The zero-order chi connectivity index (χ0) is 25.3. The predicted octanol–water partition coefficient (Wildman–Crippen LogP) is 4.20. The van der Waals surface area contributed by atoms with E-state index in [0.717, 1.165) is 22.6 Å². The van der Waals surface area contributed by atoms with Gasteiger partial charge in [-0.25, -0.2) is 5.43 Å². The Labute approximate surface area is 213 Å². The van der Waals surface area contributed by atoms with Crippen LogP contribution in [0.15, 0.2) is 83.1 Å². The molecule has 0 aliphatic rings. The van der Waals surface area contributed by atoms with E-state index in [1.807, 2.05) is 65.2 Å². The number of carbonyl (C=O) groups excluding carboxylic acids is 1. The zero-order valence-electron chi connectivity index (χ0n) is 20.0. The number of aromatic nitrogens is 3. The number of rotatable bonds is 10. The highest BCUT2D eigenvalue weighted by Gasteiger charge is 2.17. The van der Waals surface area contributed by atoms with Crippen LogP contribution >= 0.6 is 11.8 Å². The molecule has 10 heteroatoms. The van der Waals surface area contributed by atoms with Crippen molar-refractivity contribution in [1.82, 2.24) is 20.2 Å².